The first-order valence-corrected chi connectivity index (χ1v) is 9.31. The monoisotopic (exact) mass is 342 g/mol. The predicted octanol–water partition coefficient (Wildman–Crippen LogP) is 1.41. The minimum atomic E-state index is 0.000109. The van der Waals surface area contributed by atoms with Gasteiger partial charge in [0.05, 0.1) is 52.9 Å². The third-order valence-electron chi connectivity index (χ3n) is 6.30. The molecule has 0 saturated carbocycles. The standard InChI is InChI=1S/C18H30O6/c1-3-17(7-19-8-17)11-23-13-5-21-16-14(6-22-15(13)16)24-12-18(4-2)9-20-10-18/h13-16H,3-12H2,1-2H3. The van der Waals surface area contributed by atoms with Gasteiger partial charge in [-0.3, -0.25) is 0 Å². The van der Waals surface area contributed by atoms with Crippen LogP contribution >= 0.6 is 0 Å². The SMILES string of the molecule is CCC1(COC2COC3C(OCC4(CC)COC4)COC23)COC1. The van der Waals surface area contributed by atoms with Crippen LogP contribution in [0.3, 0.4) is 0 Å². The minimum absolute atomic E-state index is 0.000109. The Morgan fingerprint density at radius 1 is 0.750 bits per heavy atom. The van der Waals surface area contributed by atoms with Crippen LogP contribution in [0.4, 0.5) is 0 Å². The summed E-state index contributed by atoms with van der Waals surface area (Å²) in [7, 11) is 0. The largest absolute Gasteiger partial charge is 0.380 e. The summed E-state index contributed by atoms with van der Waals surface area (Å²) in [5.74, 6) is 0. The first-order chi connectivity index (χ1) is 11.7. The molecule has 0 spiro atoms. The maximum Gasteiger partial charge on any atom is 0.115 e. The van der Waals surface area contributed by atoms with Crippen molar-refractivity contribution in [1.82, 2.24) is 0 Å². The molecule has 6 heteroatoms. The summed E-state index contributed by atoms with van der Waals surface area (Å²) in [6.45, 7) is 10.3. The minimum Gasteiger partial charge on any atom is -0.380 e. The van der Waals surface area contributed by atoms with Gasteiger partial charge in [0.15, 0.2) is 0 Å². The third kappa shape index (κ3) is 3.02. The summed E-state index contributed by atoms with van der Waals surface area (Å²) in [6.07, 6.45) is 2.20. The molecule has 0 aromatic carbocycles. The molecular weight excluding hydrogens is 312 g/mol. The van der Waals surface area contributed by atoms with E-state index in [1.54, 1.807) is 0 Å². The summed E-state index contributed by atoms with van der Waals surface area (Å²) in [6, 6.07) is 0. The van der Waals surface area contributed by atoms with Gasteiger partial charge < -0.3 is 28.4 Å². The van der Waals surface area contributed by atoms with E-state index in [0.717, 1.165) is 52.5 Å². The van der Waals surface area contributed by atoms with Gasteiger partial charge >= 0.3 is 0 Å². The Labute approximate surface area is 144 Å². The number of fused-ring (bicyclic) bond motifs is 1. The van der Waals surface area contributed by atoms with E-state index in [2.05, 4.69) is 13.8 Å². The Bertz CT molecular complexity index is 382. The Balaban J connectivity index is 1.26. The molecule has 0 bridgehead atoms. The van der Waals surface area contributed by atoms with E-state index in [-0.39, 0.29) is 35.2 Å². The molecule has 4 aliphatic rings. The van der Waals surface area contributed by atoms with Gasteiger partial charge in [-0.1, -0.05) is 13.8 Å². The first-order valence-electron chi connectivity index (χ1n) is 9.31. The average molecular weight is 342 g/mol. The molecule has 4 rings (SSSR count). The fourth-order valence-electron chi connectivity index (χ4n) is 3.84. The molecule has 4 aliphatic heterocycles. The van der Waals surface area contributed by atoms with Crippen molar-refractivity contribution in [3.8, 4) is 0 Å². The Morgan fingerprint density at radius 2 is 1.17 bits per heavy atom. The Kier molecular flexibility index (Phi) is 4.88. The lowest BCUT2D eigenvalue weighted by Gasteiger charge is -2.41. The van der Waals surface area contributed by atoms with Gasteiger partial charge in [-0.2, -0.15) is 0 Å². The van der Waals surface area contributed by atoms with Crippen molar-refractivity contribution in [3.05, 3.63) is 0 Å². The van der Waals surface area contributed by atoms with Crippen molar-refractivity contribution < 1.29 is 28.4 Å². The van der Waals surface area contributed by atoms with E-state index in [9.17, 15) is 0 Å². The van der Waals surface area contributed by atoms with Gasteiger partial charge in [-0.25, -0.2) is 0 Å². The molecule has 0 aromatic rings. The van der Waals surface area contributed by atoms with Crippen LogP contribution in [0.25, 0.3) is 0 Å². The van der Waals surface area contributed by atoms with Crippen LogP contribution in [0.5, 0.6) is 0 Å². The van der Waals surface area contributed by atoms with Gasteiger partial charge in [0.1, 0.15) is 24.4 Å². The zero-order chi connectivity index (χ0) is 16.6. The molecule has 4 unspecified atom stereocenters. The summed E-state index contributed by atoms with van der Waals surface area (Å²) in [5, 5.41) is 0. The van der Waals surface area contributed by atoms with E-state index in [1.165, 1.54) is 0 Å². The molecule has 24 heavy (non-hydrogen) atoms. The average Bonchev–Trinajstić information content (AvgIpc) is 3.09. The van der Waals surface area contributed by atoms with E-state index in [0.29, 0.717) is 13.2 Å². The molecule has 138 valence electrons. The molecule has 6 nitrogen and oxygen atoms in total. The molecule has 0 N–H and O–H groups in total. The molecule has 0 aromatic heterocycles. The quantitative estimate of drug-likeness (QED) is 0.665. The fourth-order valence-corrected chi connectivity index (χ4v) is 3.84. The second-order valence-electron chi connectivity index (χ2n) is 7.99. The van der Waals surface area contributed by atoms with Crippen LogP contribution in [0.15, 0.2) is 0 Å². The highest BCUT2D eigenvalue weighted by Gasteiger charge is 2.51. The fraction of sp³-hybridized carbons (Fsp3) is 1.00. The summed E-state index contributed by atoms with van der Waals surface area (Å²) in [4.78, 5) is 0. The molecule has 0 aliphatic carbocycles. The molecule has 4 saturated heterocycles. The third-order valence-corrected chi connectivity index (χ3v) is 6.30. The van der Waals surface area contributed by atoms with Gasteiger partial charge in [0.25, 0.3) is 0 Å². The van der Waals surface area contributed by atoms with Gasteiger partial charge in [-0.05, 0) is 12.8 Å². The lowest BCUT2D eigenvalue weighted by atomic mass is 9.84. The molecular formula is C18H30O6. The van der Waals surface area contributed by atoms with E-state index in [4.69, 9.17) is 28.4 Å². The van der Waals surface area contributed by atoms with Crippen LogP contribution in [0, 0.1) is 10.8 Å². The van der Waals surface area contributed by atoms with Crippen molar-refractivity contribution in [3.63, 3.8) is 0 Å². The highest BCUT2D eigenvalue weighted by molar-refractivity contribution is 4.97. The van der Waals surface area contributed by atoms with Gasteiger partial charge in [-0.15, -0.1) is 0 Å². The number of hydrogen-bond donors (Lipinski definition) is 0. The Hall–Kier alpha value is -0.240. The summed E-state index contributed by atoms with van der Waals surface area (Å²) in [5.41, 5.74) is 0.397. The van der Waals surface area contributed by atoms with Crippen LogP contribution in [-0.4, -0.2) is 77.3 Å². The molecule has 4 heterocycles. The van der Waals surface area contributed by atoms with Crippen molar-refractivity contribution in [2.45, 2.75) is 51.1 Å². The summed E-state index contributed by atoms with van der Waals surface area (Å²) >= 11 is 0. The van der Waals surface area contributed by atoms with Gasteiger partial charge in [0.2, 0.25) is 0 Å². The lowest BCUT2D eigenvalue weighted by molar-refractivity contribution is -0.172. The molecule has 4 fully saturated rings. The van der Waals surface area contributed by atoms with Crippen LogP contribution in [-0.2, 0) is 28.4 Å². The highest BCUT2D eigenvalue weighted by Crippen LogP contribution is 2.37. The van der Waals surface area contributed by atoms with E-state index >= 15 is 0 Å². The smallest absolute Gasteiger partial charge is 0.115 e. The van der Waals surface area contributed by atoms with E-state index < -0.39 is 0 Å². The summed E-state index contributed by atoms with van der Waals surface area (Å²) < 4.78 is 35.0. The van der Waals surface area contributed by atoms with Crippen molar-refractivity contribution in [1.29, 1.82) is 0 Å². The van der Waals surface area contributed by atoms with E-state index in [1.807, 2.05) is 0 Å². The first kappa shape index (κ1) is 17.2. The van der Waals surface area contributed by atoms with Crippen LogP contribution in [0.1, 0.15) is 26.7 Å². The maximum atomic E-state index is 6.16. The molecule has 0 radical (unpaired) electrons. The van der Waals surface area contributed by atoms with Crippen molar-refractivity contribution in [2.24, 2.45) is 10.8 Å². The van der Waals surface area contributed by atoms with Gasteiger partial charge in [0, 0.05) is 10.8 Å². The molecule has 4 atom stereocenters. The number of ether oxygens (including phenoxy) is 6. The number of rotatable bonds is 8. The Morgan fingerprint density at radius 3 is 1.46 bits per heavy atom. The zero-order valence-electron chi connectivity index (χ0n) is 14.8. The lowest BCUT2D eigenvalue weighted by Crippen LogP contribution is -2.48. The van der Waals surface area contributed by atoms with Crippen LogP contribution < -0.4 is 0 Å². The molecule has 0 amide bonds. The zero-order valence-corrected chi connectivity index (χ0v) is 14.8. The second-order valence-corrected chi connectivity index (χ2v) is 7.99. The number of hydrogen-bond acceptors (Lipinski definition) is 6. The van der Waals surface area contributed by atoms with Crippen LogP contribution in [0.2, 0.25) is 0 Å². The topological polar surface area (TPSA) is 55.4 Å². The predicted molar refractivity (Wildman–Crippen MR) is 86.0 cm³/mol. The van der Waals surface area contributed by atoms with Crippen molar-refractivity contribution in [2.75, 3.05) is 52.9 Å². The highest BCUT2D eigenvalue weighted by atomic mass is 16.6. The normalized spacial score (nSPS) is 39.2. The van der Waals surface area contributed by atoms with Crippen molar-refractivity contribution >= 4 is 0 Å². The maximum absolute atomic E-state index is 6.16. The second kappa shape index (κ2) is 6.82.